The molecule has 1 aliphatic heterocycles. The van der Waals surface area contributed by atoms with E-state index in [1.54, 1.807) is 6.92 Å². The number of carbonyl (C=O) groups excluding carboxylic acids is 3. The zero-order valence-corrected chi connectivity index (χ0v) is 15.3. The Morgan fingerprint density at radius 1 is 1.42 bits per heavy atom. The van der Waals surface area contributed by atoms with Gasteiger partial charge in [-0.3, -0.25) is 14.1 Å². The Balaban J connectivity index is 2.27. The summed E-state index contributed by atoms with van der Waals surface area (Å²) in [5.74, 6) is -3.27. The minimum absolute atomic E-state index is 0.0795. The van der Waals surface area contributed by atoms with Crippen LogP contribution >= 0.6 is 11.3 Å². The van der Waals surface area contributed by atoms with E-state index >= 15 is 0 Å². The van der Waals surface area contributed by atoms with Gasteiger partial charge in [0.2, 0.25) is 0 Å². The van der Waals surface area contributed by atoms with Crippen molar-refractivity contribution in [3.8, 4) is 0 Å². The summed E-state index contributed by atoms with van der Waals surface area (Å²) in [6.07, 6.45) is 0. The summed E-state index contributed by atoms with van der Waals surface area (Å²) in [4.78, 5) is 44.8. The van der Waals surface area contributed by atoms with Gasteiger partial charge in [-0.25, -0.2) is 9.78 Å². The molecular weight excluding hydrogens is 392 g/mol. The van der Waals surface area contributed by atoms with Crippen LogP contribution in [-0.4, -0.2) is 72.1 Å². The lowest BCUT2D eigenvalue weighted by molar-refractivity contribution is -0.162. The highest BCUT2D eigenvalue weighted by Crippen LogP contribution is 2.25. The predicted octanol–water partition coefficient (Wildman–Crippen LogP) is -1.53. The molecular formula is C12H14N4O8S2. The standard InChI is InChI=1S/C12H14N4O8S2/c1-5-13-6(4-25-5)7(15-24-3)10(17)14-8-9(12(19)23-2)16(11(8)18)26(20,21)22/h4,8-9H,1-3H3,(H,14,17)(H,20,21,22)/b15-7-. The van der Waals surface area contributed by atoms with Crippen molar-refractivity contribution in [2.24, 2.45) is 5.16 Å². The van der Waals surface area contributed by atoms with E-state index in [1.165, 1.54) is 23.8 Å². The van der Waals surface area contributed by atoms with Crippen molar-refractivity contribution in [1.29, 1.82) is 0 Å². The van der Waals surface area contributed by atoms with Crippen molar-refractivity contribution in [2.45, 2.75) is 19.0 Å². The van der Waals surface area contributed by atoms with Crippen LogP contribution < -0.4 is 5.32 Å². The van der Waals surface area contributed by atoms with E-state index in [1.807, 2.05) is 0 Å². The summed E-state index contributed by atoms with van der Waals surface area (Å²) in [6.45, 7) is 1.70. The first-order valence-electron chi connectivity index (χ1n) is 6.84. The summed E-state index contributed by atoms with van der Waals surface area (Å²) >= 11 is 1.24. The second-order valence-corrected chi connectivity index (χ2v) is 7.26. The Labute approximate surface area is 151 Å². The number of thiazole rings is 1. The Hall–Kier alpha value is -2.58. The number of β-lactam (4-membered cyclic amide) rings is 1. The third-order valence-electron chi connectivity index (χ3n) is 3.29. The number of aryl methyl sites for hydroxylation is 1. The van der Waals surface area contributed by atoms with E-state index in [0.717, 1.165) is 7.11 Å². The first kappa shape index (κ1) is 19.7. The average Bonchev–Trinajstić information content (AvgIpc) is 2.98. The van der Waals surface area contributed by atoms with E-state index in [0.29, 0.717) is 5.01 Å². The summed E-state index contributed by atoms with van der Waals surface area (Å²) in [7, 11) is -2.85. The smallest absolute Gasteiger partial charge is 0.363 e. The molecule has 142 valence electrons. The molecule has 1 aromatic rings. The van der Waals surface area contributed by atoms with Crippen LogP contribution in [0, 0.1) is 6.92 Å². The number of nitrogens with zero attached hydrogens (tertiary/aromatic N) is 3. The molecule has 2 unspecified atom stereocenters. The Kier molecular flexibility index (Phi) is 5.58. The highest BCUT2D eigenvalue weighted by atomic mass is 32.2. The average molecular weight is 406 g/mol. The Morgan fingerprint density at radius 3 is 2.54 bits per heavy atom. The number of hydrogen-bond acceptors (Lipinski definition) is 10. The van der Waals surface area contributed by atoms with E-state index in [2.05, 4.69) is 25.0 Å². The summed E-state index contributed by atoms with van der Waals surface area (Å²) in [5.41, 5.74) is -0.113. The molecule has 2 amide bonds. The van der Waals surface area contributed by atoms with Gasteiger partial charge in [0.15, 0.2) is 11.8 Å². The third kappa shape index (κ3) is 3.66. The minimum atomic E-state index is -5.00. The predicted molar refractivity (Wildman–Crippen MR) is 86.5 cm³/mol. The maximum absolute atomic E-state index is 12.4. The summed E-state index contributed by atoms with van der Waals surface area (Å²) in [6, 6.07) is -3.31. The number of rotatable bonds is 6. The van der Waals surface area contributed by atoms with E-state index < -0.39 is 40.2 Å². The molecule has 1 aliphatic rings. The Morgan fingerprint density at radius 2 is 2.08 bits per heavy atom. The fraction of sp³-hybridized carbons (Fsp3) is 0.417. The number of hydrogen-bond donors (Lipinski definition) is 2. The monoisotopic (exact) mass is 406 g/mol. The molecule has 1 fully saturated rings. The lowest BCUT2D eigenvalue weighted by Crippen LogP contribution is -2.74. The van der Waals surface area contributed by atoms with Crippen LogP contribution in [0.15, 0.2) is 10.5 Å². The number of aromatic nitrogens is 1. The van der Waals surface area contributed by atoms with E-state index in [9.17, 15) is 22.8 Å². The molecule has 26 heavy (non-hydrogen) atoms. The van der Waals surface area contributed by atoms with Gasteiger partial charge in [-0.1, -0.05) is 5.16 Å². The molecule has 12 nitrogen and oxygen atoms in total. The fourth-order valence-corrected chi connectivity index (χ4v) is 3.62. The molecule has 2 N–H and O–H groups in total. The lowest BCUT2D eigenvalue weighted by atomic mass is 9.98. The van der Waals surface area contributed by atoms with Crippen molar-refractivity contribution in [3.63, 3.8) is 0 Å². The van der Waals surface area contributed by atoms with Gasteiger partial charge >= 0.3 is 16.3 Å². The molecule has 0 radical (unpaired) electrons. The number of amides is 2. The molecule has 14 heteroatoms. The van der Waals surface area contributed by atoms with E-state index in [4.69, 9.17) is 4.55 Å². The van der Waals surface area contributed by atoms with Crippen LogP contribution in [-0.2, 0) is 34.3 Å². The molecule has 2 heterocycles. The van der Waals surface area contributed by atoms with Crippen molar-refractivity contribution in [2.75, 3.05) is 14.2 Å². The molecule has 0 aliphatic carbocycles. The van der Waals surface area contributed by atoms with Crippen molar-refractivity contribution in [1.82, 2.24) is 14.6 Å². The minimum Gasteiger partial charge on any atom is -0.467 e. The Bertz CT molecular complexity index is 878. The summed E-state index contributed by atoms with van der Waals surface area (Å²) < 4.78 is 35.9. The summed E-state index contributed by atoms with van der Waals surface area (Å²) in [5, 5.41) is 7.88. The van der Waals surface area contributed by atoms with Crippen LogP contribution in [0.5, 0.6) is 0 Å². The first-order valence-corrected chi connectivity index (χ1v) is 9.12. The van der Waals surface area contributed by atoms with Gasteiger partial charge in [-0.15, -0.1) is 11.3 Å². The molecule has 2 rings (SSSR count). The first-order chi connectivity index (χ1) is 12.1. The van der Waals surface area contributed by atoms with Crippen LogP contribution in [0.4, 0.5) is 0 Å². The highest BCUT2D eigenvalue weighted by molar-refractivity contribution is 7.84. The quantitative estimate of drug-likeness (QED) is 0.187. The largest absolute Gasteiger partial charge is 0.467 e. The van der Waals surface area contributed by atoms with Crippen LogP contribution in [0.3, 0.4) is 0 Å². The maximum atomic E-state index is 12.4. The highest BCUT2D eigenvalue weighted by Gasteiger charge is 2.58. The van der Waals surface area contributed by atoms with Gasteiger partial charge in [0, 0.05) is 5.38 Å². The van der Waals surface area contributed by atoms with Gasteiger partial charge < -0.3 is 14.9 Å². The topological polar surface area (TPSA) is 165 Å². The fourth-order valence-electron chi connectivity index (χ4n) is 2.19. The second kappa shape index (κ2) is 7.35. The molecule has 0 spiro atoms. The third-order valence-corrected chi connectivity index (χ3v) is 4.97. The molecule has 0 aromatic carbocycles. The van der Waals surface area contributed by atoms with Crippen molar-refractivity contribution >= 4 is 45.1 Å². The van der Waals surface area contributed by atoms with Crippen molar-refractivity contribution in [3.05, 3.63) is 16.1 Å². The zero-order valence-electron chi connectivity index (χ0n) is 13.7. The number of carbonyl (C=O) groups is 3. The second-order valence-electron chi connectivity index (χ2n) is 4.91. The molecule has 0 bridgehead atoms. The van der Waals surface area contributed by atoms with Crippen molar-refractivity contribution < 1.29 is 36.9 Å². The maximum Gasteiger partial charge on any atom is 0.363 e. The normalized spacial score (nSPS) is 20.4. The molecule has 1 saturated heterocycles. The van der Waals surface area contributed by atoms with E-state index in [-0.39, 0.29) is 15.7 Å². The number of esters is 1. The molecule has 0 saturated carbocycles. The van der Waals surface area contributed by atoms with Gasteiger partial charge in [0.05, 0.1) is 12.1 Å². The molecule has 1 aromatic heterocycles. The number of methoxy groups -OCH3 is 1. The van der Waals surface area contributed by atoms with Gasteiger partial charge in [-0.2, -0.15) is 12.7 Å². The molecule has 2 atom stereocenters. The van der Waals surface area contributed by atoms with Crippen LogP contribution in [0.2, 0.25) is 0 Å². The van der Waals surface area contributed by atoms with Gasteiger partial charge in [0.25, 0.3) is 11.8 Å². The zero-order chi connectivity index (χ0) is 19.6. The van der Waals surface area contributed by atoms with Gasteiger partial charge in [-0.05, 0) is 6.92 Å². The number of ether oxygens (including phenoxy) is 1. The lowest BCUT2D eigenvalue weighted by Gasteiger charge is -2.41. The number of nitrogens with one attached hydrogen (secondary N) is 1. The number of oxime groups is 1. The van der Waals surface area contributed by atoms with Gasteiger partial charge in [0.1, 0.15) is 18.8 Å². The SMILES string of the molecule is CO/N=C(\C(=O)NC1C(=O)N(S(=O)(=O)O)C1C(=O)OC)c1csc(C)n1. The van der Waals surface area contributed by atoms with Crippen LogP contribution in [0.25, 0.3) is 0 Å². The van der Waals surface area contributed by atoms with Crippen LogP contribution in [0.1, 0.15) is 10.7 Å².